The van der Waals surface area contributed by atoms with Crippen molar-refractivity contribution in [1.82, 2.24) is 15.2 Å². The molecule has 1 aromatic heterocycles. The fraction of sp³-hybridized carbons (Fsp3) is 0.429. The van der Waals surface area contributed by atoms with E-state index < -0.39 is 18.2 Å². The molecule has 0 radical (unpaired) electrons. The van der Waals surface area contributed by atoms with Gasteiger partial charge in [-0.05, 0) is 49.6 Å². The van der Waals surface area contributed by atoms with Gasteiger partial charge in [-0.25, -0.2) is 4.79 Å². The SMILES string of the molecule is COC(=O)N[C@H](C(=O)N1CCC[C@H]1c1ccc(-c2ccc(Br)cc2)[nH]1)[C@@H](C)OC. The van der Waals surface area contributed by atoms with Gasteiger partial charge in [0.2, 0.25) is 5.91 Å². The number of methoxy groups -OCH3 is 2. The summed E-state index contributed by atoms with van der Waals surface area (Å²) in [6.07, 6.45) is 0.624. The van der Waals surface area contributed by atoms with Gasteiger partial charge in [0.15, 0.2) is 0 Å². The van der Waals surface area contributed by atoms with Gasteiger partial charge in [0.1, 0.15) is 6.04 Å². The van der Waals surface area contributed by atoms with Crippen molar-refractivity contribution in [3.05, 3.63) is 46.6 Å². The fourth-order valence-electron chi connectivity index (χ4n) is 3.64. The number of amides is 2. The number of aromatic amines is 1. The summed E-state index contributed by atoms with van der Waals surface area (Å²) >= 11 is 3.45. The van der Waals surface area contributed by atoms with E-state index in [9.17, 15) is 9.59 Å². The highest BCUT2D eigenvalue weighted by Gasteiger charge is 2.38. The Morgan fingerprint density at radius 3 is 2.59 bits per heavy atom. The first kappa shape index (κ1) is 21.4. The molecular formula is C21H26BrN3O4. The van der Waals surface area contributed by atoms with Crippen molar-refractivity contribution in [1.29, 1.82) is 0 Å². The molecule has 7 nitrogen and oxygen atoms in total. The maximum absolute atomic E-state index is 13.3. The zero-order valence-electron chi connectivity index (χ0n) is 16.8. The molecule has 1 fully saturated rings. The Bertz CT molecular complexity index is 852. The summed E-state index contributed by atoms with van der Waals surface area (Å²) < 4.78 is 11.0. The van der Waals surface area contributed by atoms with Gasteiger partial charge in [-0.3, -0.25) is 4.79 Å². The summed E-state index contributed by atoms with van der Waals surface area (Å²) in [5.41, 5.74) is 3.06. The van der Waals surface area contributed by atoms with Crippen molar-refractivity contribution in [3.63, 3.8) is 0 Å². The third-order valence-corrected chi connectivity index (χ3v) is 5.85. The highest BCUT2D eigenvalue weighted by molar-refractivity contribution is 9.10. The van der Waals surface area contributed by atoms with Gasteiger partial charge in [0.25, 0.3) is 0 Å². The fourth-order valence-corrected chi connectivity index (χ4v) is 3.90. The normalized spacial score (nSPS) is 18.3. The van der Waals surface area contributed by atoms with Crippen molar-refractivity contribution >= 4 is 27.9 Å². The summed E-state index contributed by atoms with van der Waals surface area (Å²) in [4.78, 5) is 30.3. The minimum atomic E-state index is -0.811. The molecule has 1 aliphatic heterocycles. The van der Waals surface area contributed by atoms with E-state index in [4.69, 9.17) is 4.74 Å². The molecule has 2 heterocycles. The van der Waals surface area contributed by atoms with E-state index in [-0.39, 0.29) is 11.9 Å². The van der Waals surface area contributed by atoms with Crippen LogP contribution in [0.15, 0.2) is 40.9 Å². The monoisotopic (exact) mass is 463 g/mol. The number of aromatic nitrogens is 1. The topological polar surface area (TPSA) is 83.7 Å². The number of H-pyrrole nitrogens is 1. The van der Waals surface area contributed by atoms with E-state index in [1.165, 1.54) is 14.2 Å². The van der Waals surface area contributed by atoms with Crippen LogP contribution in [0.3, 0.4) is 0 Å². The molecule has 2 N–H and O–H groups in total. The molecule has 1 saturated heterocycles. The number of benzene rings is 1. The number of ether oxygens (including phenoxy) is 2. The van der Waals surface area contributed by atoms with Crippen LogP contribution in [0.5, 0.6) is 0 Å². The zero-order valence-corrected chi connectivity index (χ0v) is 18.4. The highest BCUT2D eigenvalue weighted by Crippen LogP contribution is 2.34. The predicted octanol–water partition coefficient (Wildman–Crippen LogP) is 3.87. The van der Waals surface area contributed by atoms with E-state index in [0.717, 1.165) is 34.3 Å². The van der Waals surface area contributed by atoms with Gasteiger partial charge < -0.3 is 24.7 Å². The molecule has 0 bridgehead atoms. The molecule has 3 atom stereocenters. The quantitative estimate of drug-likeness (QED) is 0.680. The Balaban J connectivity index is 1.80. The molecule has 156 valence electrons. The largest absolute Gasteiger partial charge is 0.453 e. The number of hydrogen-bond donors (Lipinski definition) is 2. The van der Waals surface area contributed by atoms with Gasteiger partial charge in [0, 0.05) is 29.5 Å². The van der Waals surface area contributed by atoms with E-state index in [0.29, 0.717) is 6.54 Å². The average molecular weight is 464 g/mol. The van der Waals surface area contributed by atoms with Crippen LogP contribution in [0.2, 0.25) is 0 Å². The van der Waals surface area contributed by atoms with Gasteiger partial charge in [-0.1, -0.05) is 28.1 Å². The smallest absolute Gasteiger partial charge is 0.407 e. The Morgan fingerprint density at radius 1 is 1.21 bits per heavy atom. The van der Waals surface area contributed by atoms with Crippen LogP contribution in [-0.4, -0.2) is 54.8 Å². The van der Waals surface area contributed by atoms with E-state index in [1.54, 1.807) is 6.92 Å². The number of hydrogen-bond acceptors (Lipinski definition) is 4. The molecule has 1 aromatic carbocycles. The molecule has 0 unspecified atom stereocenters. The maximum atomic E-state index is 13.3. The first-order valence-electron chi connectivity index (χ1n) is 9.57. The van der Waals surface area contributed by atoms with E-state index in [2.05, 4.69) is 31.0 Å². The Labute approximate surface area is 178 Å². The minimum absolute atomic E-state index is 0.0716. The molecule has 8 heteroatoms. The first-order valence-corrected chi connectivity index (χ1v) is 10.4. The zero-order chi connectivity index (χ0) is 21.0. The number of nitrogens with one attached hydrogen (secondary N) is 2. The molecule has 3 rings (SSSR count). The van der Waals surface area contributed by atoms with Crippen molar-refractivity contribution in [3.8, 4) is 11.3 Å². The van der Waals surface area contributed by atoms with E-state index >= 15 is 0 Å². The molecular weight excluding hydrogens is 438 g/mol. The van der Waals surface area contributed by atoms with Gasteiger partial charge in [0.05, 0.1) is 19.3 Å². The second kappa shape index (κ2) is 9.45. The highest BCUT2D eigenvalue weighted by atomic mass is 79.9. The Kier molecular flexibility index (Phi) is 6.97. The molecule has 0 spiro atoms. The number of likely N-dealkylation sites (tertiary alicyclic amines) is 1. The Hall–Kier alpha value is -2.32. The number of carbonyl (C=O) groups excluding carboxylic acids is 2. The lowest BCUT2D eigenvalue weighted by Gasteiger charge is -2.31. The number of carbonyl (C=O) groups is 2. The summed E-state index contributed by atoms with van der Waals surface area (Å²) in [6.45, 7) is 2.38. The second-order valence-electron chi connectivity index (χ2n) is 7.08. The standard InChI is InChI=1S/C21H26BrN3O4/c1-13(28-2)19(24-21(27)29-3)20(26)25-12-4-5-18(25)17-11-10-16(23-17)14-6-8-15(22)9-7-14/h6-11,13,18-19,23H,4-5,12H2,1-3H3,(H,24,27)/t13-,18+,19+/m1/s1. The third kappa shape index (κ3) is 4.82. The molecule has 0 aliphatic carbocycles. The summed E-state index contributed by atoms with van der Waals surface area (Å²) in [7, 11) is 2.79. The van der Waals surface area contributed by atoms with Crippen LogP contribution in [0.1, 0.15) is 31.5 Å². The molecule has 29 heavy (non-hydrogen) atoms. The average Bonchev–Trinajstić information content (AvgIpc) is 3.40. The van der Waals surface area contributed by atoms with Crippen LogP contribution in [0, 0.1) is 0 Å². The molecule has 2 amide bonds. The lowest BCUT2D eigenvalue weighted by molar-refractivity contribution is -0.137. The number of rotatable bonds is 6. The summed E-state index contributed by atoms with van der Waals surface area (Å²) in [6, 6.07) is 11.2. The minimum Gasteiger partial charge on any atom is -0.453 e. The molecule has 2 aromatic rings. The predicted molar refractivity (Wildman–Crippen MR) is 113 cm³/mol. The van der Waals surface area contributed by atoms with Gasteiger partial charge >= 0.3 is 6.09 Å². The molecule has 0 saturated carbocycles. The van der Waals surface area contributed by atoms with Crippen LogP contribution < -0.4 is 5.32 Å². The van der Waals surface area contributed by atoms with Crippen LogP contribution in [-0.2, 0) is 14.3 Å². The summed E-state index contributed by atoms with van der Waals surface area (Å²) in [5.74, 6) is -0.174. The van der Waals surface area contributed by atoms with Crippen molar-refractivity contribution in [2.24, 2.45) is 0 Å². The van der Waals surface area contributed by atoms with Crippen molar-refractivity contribution in [2.45, 2.75) is 38.0 Å². The van der Waals surface area contributed by atoms with Crippen molar-refractivity contribution in [2.75, 3.05) is 20.8 Å². The van der Waals surface area contributed by atoms with Crippen LogP contribution >= 0.6 is 15.9 Å². The van der Waals surface area contributed by atoms with Gasteiger partial charge in [-0.15, -0.1) is 0 Å². The molecule has 1 aliphatic rings. The number of alkyl carbamates (subject to hydrolysis) is 1. The van der Waals surface area contributed by atoms with E-state index in [1.807, 2.05) is 41.3 Å². The second-order valence-corrected chi connectivity index (χ2v) is 7.99. The first-order chi connectivity index (χ1) is 13.9. The van der Waals surface area contributed by atoms with Crippen LogP contribution in [0.4, 0.5) is 4.79 Å². The number of nitrogens with zero attached hydrogens (tertiary/aromatic N) is 1. The summed E-state index contributed by atoms with van der Waals surface area (Å²) in [5, 5.41) is 2.61. The maximum Gasteiger partial charge on any atom is 0.407 e. The Morgan fingerprint density at radius 2 is 1.93 bits per heavy atom. The van der Waals surface area contributed by atoms with Crippen LogP contribution in [0.25, 0.3) is 11.3 Å². The third-order valence-electron chi connectivity index (χ3n) is 5.32. The number of halogens is 1. The lowest BCUT2D eigenvalue weighted by atomic mass is 10.1. The van der Waals surface area contributed by atoms with Gasteiger partial charge in [-0.2, -0.15) is 0 Å². The van der Waals surface area contributed by atoms with Crippen molar-refractivity contribution < 1.29 is 19.1 Å². The lowest BCUT2D eigenvalue weighted by Crippen LogP contribution is -2.54.